The first kappa shape index (κ1) is 16.4. The maximum absolute atomic E-state index is 3.88. The normalized spacial score (nSPS) is 10.8. The number of hydrogen-bond acceptors (Lipinski definition) is 0. The lowest BCUT2D eigenvalue weighted by Crippen LogP contribution is -3.00. The Hall–Kier alpha value is -0.0100. The van der Waals surface area contributed by atoms with Gasteiger partial charge in [0.15, 0.2) is 0 Å². The number of hydrogen-bond donors (Lipinski definition) is 0. The molecule has 0 aromatic rings. The van der Waals surface area contributed by atoms with Crippen LogP contribution in [0.25, 0.3) is 0 Å². The van der Waals surface area contributed by atoms with Gasteiger partial charge in [-0.25, -0.2) is 0 Å². The lowest BCUT2D eigenvalue weighted by Gasteiger charge is -2.37. The molecule has 0 spiro atoms. The third-order valence-corrected chi connectivity index (χ3v) is 2.61. The maximum Gasteiger partial charge on any atom is 0.0971 e. The Morgan fingerprint density at radius 1 is 0.929 bits per heavy atom. The van der Waals surface area contributed by atoms with Crippen LogP contribution in [-0.4, -0.2) is 30.7 Å². The van der Waals surface area contributed by atoms with E-state index in [2.05, 4.69) is 33.4 Å². The molecule has 0 rings (SSSR count). The van der Waals surface area contributed by atoms with Crippen molar-refractivity contribution >= 4 is 0 Å². The van der Waals surface area contributed by atoms with Crippen LogP contribution >= 0.6 is 0 Å². The van der Waals surface area contributed by atoms with Gasteiger partial charge in [0.1, 0.15) is 0 Å². The summed E-state index contributed by atoms with van der Waals surface area (Å²) in [6.07, 6.45) is 5.94. The van der Waals surface area contributed by atoms with Gasteiger partial charge in [-0.15, -0.1) is 0 Å². The first-order valence-corrected chi connectivity index (χ1v) is 5.70. The molecule has 0 saturated heterocycles. The van der Waals surface area contributed by atoms with Crippen LogP contribution in [0.2, 0.25) is 0 Å². The number of quaternary nitrogens is 1. The molecule has 14 heavy (non-hydrogen) atoms. The minimum Gasteiger partial charge on any atom is -1.00 e. The molecule has 0 bridgehead atoms. The van der Waals surface area contributed by atoms with Gasteiger partial charge in [-0.3, -0.25) is 0 Å². The van der Waals surface area contributed by atoms with Crippen molar-refractivity contribution in [3.05, 3.63) is 12.7 Å². The summed E-state index contributed by atoms with van der Waals surface area (Å²) in [5, 5.41) is 0. The molecule has 1 nitrogen and oxygen atoms in total. The molecule has 0 aromatic carbocycles. The third-order valence-electron chi connectivity index (χ3n) is 2.61. The molecule has 0 amide bonds. The Morgan fingerprint density at radius 3 is 1.50 bits per heavy atom. The number of halogens is 1. The van der Waals surface area contributed by atoms with E-state index in [1.807, 2.05) is 0 Å². The zero-order valence-electron chi connectivity index (χ0n) is 10.1. The van der Waals surface area contributed by atoms with Gasteiger partial charge < -0.3 is 16.9 Å². The van der Waals surface area contributed by atoms with Crippen LogP contribution < -0.4 is 12.4 Å². The zero-order valence-corrected chi connectivity index (χ0v) is 10.8. The predicted octanol–water partition coefficient (Wildman–Crippen LogP) is 0.223. The van der Waals surface area contributed by atoms with Gasteiger partial charge in [0.05, 0.1) is 26.2 Å². The predicted molar refractivity (Wildman–Crippen MR) is 60.8 cm³/mol. The molecule has 0 aliphatic heterocycles. The minimum atomic E-state index is 0. The highest BCUT2D eigenvalue weighted by molar-refractivity contribution is 4.66. The molecular weight excluding hydrogens is 194 g/mol. The second kappa shape index (κ2) is 9.54. The Labute approximate surface area is 96.2 Å². The maximum atomic E-state index is 3.88. The Kier molecular flexibility index (Phi) is 11.2. The van der Waals surface area contributed by atoms with Gasteiger partial charge in [-0.1, -0.05) is 27.4 Å². The first-order valence-electron chi connectivity index (χ1n) is 5.70. The Balaban J connectivity index is 0. The largest absolute Gasteiger partial charge is 1.00 e. The van der Waals surface area contributed by atoms with E-state index in [0.29, 0.717) is 0 Å². The molecule has 0 aliphatic carbocycles. The van der Waals surface area contributed by atoms with Gasteiger partial charge in [0, 0.05) is 0 Å². The highest BCUT2D eigenvalue weighted by Crippen LogP contribution is 2.11. The molecule has 0 heterocycles. The van der Waals surface area contributed by atoms with E-state index >= 15 is 0 Å². The van der Waals surface area contributed by atoms with Crippen LogP contribution in [0.5, 0.6) is 0 Å². The van der Waals surface area contributed by atoms with Crippen molar-refractivity contribution < 1.29 is 16.9 Å². The molecule has 2 heteroatoms. The minimum absolute atomic E-state index is 0. The molecule has 86 valence electrons. The van der Waals surface area contributed by atoms with Crippen molar-refractivity contribution in [3.63, 3.8) is 0 Å². The van der Waals surface area contributed by atoms with E-state index in [-0.39, 0.29) is 12.4 Å². The standard InChI is InChI=1S/C12H26N.ClH/c1-5-9-13(10-6-2,11-7-3)12-8-4;/h5H,1,6-12H2,2-4H3;1H/q+1;/p-1. The second-order valence-electron chi connectivity index (χ2n) is 3.98. The summed E-state index contributed by atoms with van der Waals surface area (Å²) >= 11 is 0. The number of nitrogens with zero attached hydrogens (tertiary/aromatic N) is 1. The molecule has 0 aliphatic rings. The van der Waals surface area contributed by atoms with Crippen molar-refractivity contribution in [2.24, 2.45) is 0 Å². The number of rotatable bonds is 8. The third kappa shape index (κ3) is 5.66. The SMILES string of the molecule is C=CC[N+](CCC)(CCC)CCC.[Cl-]. The molecule has 0 N–H and O–H groups in total. The van der Waals surface area contributed by atoms with Crippen molar-refractivity contribution in [2.45, 2.75) is 40.0 Å². The van der Waals surface area contributed by atoms with Gasteiger partial charge >= 0.3 is 0 Å². The highest BCUT2D eigenvalue weighted by atomic mass is 35.5. The van der Waals surface area contributed by atoms with E-state index in [4.69, 9.17) is 0 Å². The highest BCUT2D eigenvalue weighted by Gasteiger charge is 2.22. The fourth-order valence-electron chi connectivity index (χ4n) is 2.31. The fourth-order valence-corrected chi connectivity index (χ4v) is 2.31. The van der Waals surface area contributed by atoms with E-state index < -0.39 is 0 Å². The van der Waals surface area contributed by atoms with Crippen molar-refractivity contribution in [1.82, 2.24) is 0 Å². The van der Waals surface area contributed by atoms with Crippen molar-refractivity contribution in [3.8, 4) is 0 Å². The van der Waals surface area contributed by atoms with E-state index in [1.54, 1.807) is 0 Å². The molecule has 0 fully saturated rings. The van der Waals surface area contributed by atoms with Gasteiger partial charge in [0.25, 0.3) is 0 Å². The van der Waals surface area contributed by atoms with Crippen LogP contribution in [0.3, 0.4) is 0 Å². The Bertz CT molecular complexity index is 117. The molecule has 0 saturated carbocycles. The molecule has 0 unspecified atom stereocenters. The summed E-state index contributed by atoms with van der Waals surface area (Å²) in [5.41, 5.74) is 0. The van der Waals surface area contributed by atoms with Gasteiger partial charge in [-0.05, 0) is 25.3 Å². The van der Waals surface area contributed by atoms with Crippen LogP contribution in [0.4, 0.5) is 0 Å². The van der Waals surface area contributed by atoms with Gasteiger partial charge in [0.2, 0.25) is 0 Å². The van der Waals surface area contributed by atoms with E-state index in [9.17, 15) is 0 Å². The van der Waals surface area contributed by atoms with E-state index in [1.165, 1.54) is 43.4 Å². The van der Waals surface area contributed by atoms with Crippen LogP contribution in [0.15, 0.2) is 12.7 Å². The Morgan fingerprint density at radius 2 is 1.29 bits per heavy atom. The summed E-state index contributed by atoms with van der Waals surface area (Å²) in [6, 6.07) is 0. The lowest BCUT2D eigenvalue weighted by molar-refractivity contribution is -0.923. The molecule has 0 aromatic heterocycles. The smallest absolute Gasteiger partial charge is 0.0971 e. The fraction of sp³-hybridized carbons (Fsp3) is 0.833. The van der Waals surface area contributed by atoms with Crippen LogP contribution in [0, 0.1) is 0 Å². The van der Waals surface area contributed by atoms with Crippen LogP contribution in [-0.2, 0) is 0 Å². The van der Waals surface area contributed by atoms with Crippen molar-refractivity contribution in [1.29, 1.82) is 0 Å². The zero-order chi connectivity index (χ0) is 10.2. The summed E-state index contributed by atoms with van der Waals surface area (Å²) in [5.74, 6) is 0. The molecule has 0 atom stereocenters. The monoisotopic (exact) mass is 219 g/mol. The molecule has 0 radical (unpaired) electrons. The topological polar surface area (TPSA) is 0 Å². The summed E-state index contributed by atoms with van der Waals surface area (Å²) < 4.78 is 1.26. The average molecular weight is 220 g/mol. The van der Waals surface area contributed by atoms with Gasteiger partial charge in [-0.2, -0.15) is 0 Å². The summed E-state index contributed by atoms with van der Waals surface area (Å²) in [6.45, 7) is 15.8. The second-order valence-corrected chi connectivity index (χ2v) is 3.98. The summed E-state index contributed by atoms with van der Waals surface area (Å²) in [4.78, 5) is 0. The first-order chi connectivity index (χ1) is 6.24. The average Bonchev–Trinajstić information content (AvgIpc) is 2.06. The van der Waals surface area contributed by atoms with Crippen LogP contribution in [0.1, 0.15) is 40.0 Å². The lowest BCUT2D eigenvalue weighted by atomic mass is 10.2. The van der Waals surface area contributed by atoms with E-state index in [0.717, 1.165) is 6.54 Å². The van der Waals surface area contributed by atoms with Crippen molar-refractivity contribution in [2.75, 3.05) is 26.2 Å². The summed E-state index contributed by atoms with van der Waals surface area (Å²) in [7, 11) is 0. The molecular formula is C12H26ClN. The quantitative estimate of drug-likeness (QED) is 0.405.